The number of hydrogen-bond acceptors (Lipinski definition) is 8. The number of nitro groups is 2. The minimum Gasteiger partial charge on any atom is -0.462 e. The second kappa shape index (κ2) is 10.5. The number of amides is 1. The van der Waals surface area contributed by atoms with Gasteiger partial charge in [-0.1, -0.05) is 31.5 Å². The Bertz CT molecular complexity index is 1010. The number of rotatable bonds is 8. The van der Waals surface area contributed by atoms with Gasteiger partial charge in [0.15, 0.2) is 5.69 Å². The van der Waals surface area contributed by atoms with Gasteiger partial charge < -0.3 is 14.5 Å². The van der Waals surface area contributed by atoms with Gasteiger partial charge in [-0.05, 0) is 18.6 Å². The van der Waals surface area contributed by atoms with Crippen molar-refractivity contribution < 1.29 is 24.2 Å². The van der Waals surface area contributed by atoms with E-state index in [1.165, 1.54) is 4.90 Å². The van der Waals surface area contributed by atoms with E-state index in [4.69, 9.17) is 4.74 Å². The van der Waals surface area contributed by atoms with Crippen molar-refractivity contribution in [1.29, 1.82) is 0 Å². The van der Waals surface area contributed by atoms with E-state index in [0.717, 1.165) is 18.6 Å². The Morgan fingerprint density at radius 1 is 0.939 bits per heavy atom. The van der Waals surface area contributed by atoms with Crippen LogP contribution in [0.3, 0.4) is 0 Å². The first-order chi connectivity index (χ1) is 15.8. The summed E-state index contributed by atoms with van der Waals surface area (Å²) in [5.41, 5.74) is -0.995. The number of carbonyl (C=O) groups is 2. The van der Waals surface area contributed by atoms with Gasteiger partial charge in [0.05, 0.1) is 22.0 Å². The molecular formula is C22H24N4O7. The molecule has 1 aliphatic heterocycles. The van der Waals surface area contributed by atoms with E-state index in [2.05, 4.69) is 0 Å². The van der Waals surface area contributed by atoms with Gasteiger partial charge in [0.25, 0.3) is 5.91 Å². The van der Waals surface area contributed by atoms with Crippen LogP contribution in [0, 0.1) is 20.2 Å². The van der Waals surface area contributed by atoms with Crippen LogP contribution >= 0.6 is 0 Å². The van der Waals surface area contributed by atoms with E-state index in [-0.39, 0.29) is 49.9 Å². The Hall–Kier alpha value is -4.02. The highest BCUT2D eigenvalue weighted by atomic mass is 16.6. The topological polar surface area (TPSA) is 136 Å². The van der Waals surface area contributed by atoms with Gasteiger partial charge in [0, 0.05) is 43.9 Å². The van der Waals surface area contributed by atoms with Gasteiger partial charge >= 0.3 is 17.3 Å². The third kappa shape index (κ3) is 5.43. The molecule has 0 atom stereocenters. The summed E-state index contributed by atoms with van der Waals surface area (Å²) in [6.07, 6.45) is 1.39. The molecule has 1 amide bonds. The first-order valence-electron chi connectivity index (χ1n) is 10.6. The van der Waals surface area contributed by atoms with Gasteiger partial charge in [-0.15, -0.1) is 0 Å². The monoisotopic (exact) mass is 456 g/mol. The fourth-order valence-corrected chi connectivity index (χ4v) is 3.61. The normalized spacial score (nSPS) is 13.5. The second-order valence-electron chi connectivity index (χ2n) is 7.51. The van der Waals surface area contributed by atoms with Gasteiger partial charge in [-0.3, -0.25) is 25.0 Å². The summed E-state index contributed by atoms with van der Waals surface area (Å²) >= 11 is 0. The second-order valence-corrected chi connectivity index (χ2v) is 7.51. The van der Waals surface area contributed by atoms with Gasteiger partial charge in [-0.25, -0.2) is 4.79 Å². The number of ether oxygens (including phenoxy) is 1. The number of esters is 1. The largest absolute Gasteiger partial charge is 0.462 e. The Morgan fingerprint density at radius 3 is 2.03 bits per heavy atom. The van der Waals surface area contributed by atoms with Gasteiger partial charge in [-0.2, -0.15) is 0 Å². The van der Waals surface area contributed by atoms with E-state index >= 15 is 0 Å². The maximum atomic E-state index is 12.7. The molecule has 0 N–H and O–H groups in total. The molecule has 0 unspecified atom stereocenters. The van der Waals surface area contributed by atoms with Crippen LogP contribution < -0.4 is 4.90 Å². The van der Waals surface area contributed by atoms with E-state index in [0.29, 0.717) is 12.0 Å². The number of piperazine rings is 1. The van der Waals surface area contributed by atoms with Crippen LogP contribution in [0.5, 0.6) is 0 Å². The number of carbonyl (C=O) groups excluding carboxylic acids is 2. The maximum absolute atomic E-state index is 12.7. The van der Waals surface area contributed by atoms with Crippen LogP contribution in [-0.4, -0.2) is 59.4 Å². The van der Waals surface area contributed by atoms with Crippen molar-refractivity contribution in [2.24, 2.45) is 0 Å². The zero-order chi connectivity index (χ0) is 24.0. The summed E-state index contributed by atoms with van der Waals surface area (Å²) in [6.45, 7) is 2.84. The average Bonchev–Trinajstić information content (AvgIpc) is 2.83. The number of hydrogen-bond donors (Lipinski definition) is 0. The molecule has 1 heterocycles. The Labute approximate surface area is 189 Å². The van der Waals surface area contributed by atoms with E-state index in [1.807, 2.05) is 6.92 Å². The zero-order valence-electron chi connectivity index (χ0n) is 18.1. The highest BCUT2D eigenvalue weighted by molar-refractivity contribution is 5.95. The Balaban J connectivity index is 1.86. The quantitative estimate of drug-likeness (QED) is 0.255. The van der Waals surface area contributed by atoms with Crippen molar-refractivity contribution in [2.75, 3.05) is 37.7 Å². The maximum Gasteiger partial charge on any atom is 0.338 e. The molecule has 11 nitrogen and oxygen atoms in total. The SMILES string of the molecule is CCCCOC(=O)c1cc([N+](=O)[O-])c(N2CCN(C(=O)c3ccccc3)CC2)c([N+](=O)[O-])c1. The third-order valence-electron chi connectivity index (χ3n) is 5.33. The molecule has 1 fully saturated rings. The van der Waals surface area contributed by atoms with Crippen LogP contribution in [0.25, 0.3) is 0 Å². The molecule has 3 rings (SSSR count). The minimum absolute atomic E-state index is 0.121. The van der Waals surface area contributed by atoms with Crippen molar-refractivity contribution in [3.8, 4) is 0 Å². The van der Waals surface area contributed by atoms with Crippen LogP contribution in [-0.2, 0) is 4.74 Å². The molecule has 11 heteroatoms. The lowest BCUT2D eigenvalue weighted by Gasteiger charge is -2.35. The molecular weight excluding hydrogens is 432 g/mol. The van der Waals surface area contributed by atoms with Crippen molar-refractivity contribution in [2.45, 2.75) is 19.8 Å². The Kier molecular flexibility index (Phi) is 7.54. The molecule has 174 valence electrons. The molecule has 0 bridgehead atoms. The summed E-state index contributed by atoms with van der Waals surface area (Å²) < 4.78 is 5.06. The number of nitrogens with zero attached hydrogens (tertiary/aromatic N) is 4. The smallest absolute Gasteiger partial charge is 0.338 e. The molecule has 2 aromatic rings. The predicted molar refractivity (Wildman–Crippen MR) is 119 cm³/mol. The highest BCUT2D eigenvalue weighted by Gasteiger charge is 2.35. The van der Waals surface area contributed by atoms with E-state index < -0.39 is 27.2 Å². The summed E-state index contributed by atoms with van der Waals surface area (Å²) in [7, 11) is 0. The first kappa shape index (κ1) is 23.6. The van der Waals surface area contributed by atoms with Crippen LogP contribution in [0.15, 0.2) is 42.5 Å². The predicted octanol–water partition coefficient (Wildman–Crippen LogP) is 3.42. The number of anilines is 1. The number of nitro benzene ring substituents is 2. The summed E-state index contributed by atoms with van der Waals surface area (Å²) in [6, 6.07) is 10.7. The summed E-state index contributed by atoms with van der Waals surface area (Å²) in [4.78, 5) is 50.1. The molecule has 2 aromatic carbocycles. The molecule has 33 heavy (non-hydrogen) atoms. The molecule has 1 saturated heterocycles. The summed E-state index contributed by atoms with van der Waals surface area (Å²) in [5.74, 6) is -1.02. The van der Waals surface area contributed by atoms with Gasteiger partial charge in [0.1, 0.15) is 0 Å². The molecule has 0 aliphatic carbocycles. The standard InChI is InChI=1S/C22H24N4O7/c1-2-3-13-33-22(28)17-14-18(25(29)30)20(19(15-17)26(31)32)23-9-11-24(12-10-23)21(27)16-7-5-4-6-8-16/h4-8,14-15H,2-3,9-13H2,1H3. The van der Waals surface area contributed by atoms with Crippen LogP contribution in [0.2, 0.25) is 0 Å². The number of benzene rings is 2. The lowest BCUT2D eigenvalue weighted by Crippen LogP contribution is -2.49. The summed E-state index contributed by atoms with van der Waals surface area (Å²) in [5, 5.41) is 23.5. The Morgan fingerprint density at radius 2 is 1.52 bits per heavy atom. The fraction of sp³-hybridized carbons (Fsp3) is 0.364. The first-order valence-corrected chi connectivity index (χ1v) is 10.6. The molecule has 0 saturated carbocycles. The molecule has 0 spiro atoms. The van der Waals surface area contributed by atoms with Gasteiger partial charge in [0.2, 0.25) is 0 Å². The van der Waals surface area contributed by atoms with Crippen molar-refractivity contribution in [3.63, 3.8) is 0 Å². The average molecular weight is 456 g/mol. The minimum atomic E-state index is -0.848. The van der Waals surface area contributed by atoms with Crippen molar-refractivity contribution in [3.05, 3.63) is 73.8 Å². The zero-order valence-corrected chi connectivity index (χ0v) is 18.1. The number of unbranched alkanes of at least 4 members (excludes halogenated alkanes) is 1. The van der Waals surface area contributed by atoms with Crippen LogP contribution in [0.4, 0.5) is 17.1 Å². The molecule has 1 aliphatic rings. The van der Waals surface area contributed by atoms with Crippen molar-refractivity contribution in [1.82, 2.24) is 4.90 Å². The highest BCUT2D eigenvalue weighted by Crippen LogP contribution is 2.39. The van der Waals surface area contributed by atoms with E-state index in [1.54, 1.807) is 35.2 Å². The molecule has 0 aromatic heterocycles. The van der Waals surface area contributed by atoms with Crippen molar-refractivity contribution >= 4 is 28.9 Å². The third-order valence-corrected chi connectivity index (χ3v) is 5.33. The molecule has 0 radical (unpaired) electrons. The van der Waals surface area contributed by atoms with E-state index in [9.17, 15) is 29.8 Å². The fourth-order valence-electron chi connectivity index (χ4n) is 3.61. The lowest BCUT2D eigenvalue weighted by molar-refractivity contribution is -0.392. The van der Waals surface area contributed by atoms with Crippen LogP contribution in [0.1, 0.15) is 40.5 Å². The lowest BCUT2D eigenvalue weighted by atomic mass is 10.1.